The van der Waals surface area contributed by atoms with E-state index in [9.17, 15) is 59.1 Å². The molecule has 5 aliphatic heterocycles. The molecule has 144 heavy (non-hydrogen) atoms. The third-order valence-corrected chi connectivity index (χ3v) is 27.2. The minimum atomic E-state index is -4.44. The molecule has 5 aliphatic rings. The van der Waals surface area contributed by atoms with Crippen LogP contribution in [0.15, 0.2) is 234 Å². The second kappa shape index (κ2) is 48.4. The number of carbonyl (C=O) groups excluding carboxylic acids is 5. The number of nitrogens with one attached hydrogen (secondary N) is 10. The van der Waals surface area contributed by atoms with Crippen LogP contribution in [0.3, 0.4) is 0 Å². The van der Waals surface area contributed by atoms with Crippen molar-refractivity contribution in [3.63, 3.8) is 0 Å². The first-order valence-corrected chi connectivity index (χ1v) is 49.5. The summed E-state index contributed by atoms with van der Waals surface area (Å²) in [6, 6.07) is 39.1. The number of amides is 5. The van der Waals surface area contributed by atoms with Crippen molar-refractivity contribution in [3.05, 3.63) is 303 Å². The lowest BCUT2D eigenvalue weighted by atomic mass is 10.1. The number of alkyl halides is 6. The normalized spacial score (nSPS) is 14.2. The topological polar surface area (TPSA) is 379 Å². The van der Waals surface area contributed by atoms with Crippen molar-refractivity contribution in [2.75, 3.05) is 182 Å². The van der Waals surface area contributed by atoms with Crippen molar-refractivity contribution in [1.82, 2.24) is 76.4 Å². The van der Waals surface area contributed by atoms with Crippen LogP contribution in [0.25, 0.3) is 57.7 Å². The monoisotopic (exact) mass is 2050 g/mol. The molecule has 20 rings (SSSR count). The van der Waals surface area contributed by atoms with Crippen LogP contribution < -0.4 is 77.7 Å². The number of benzene rings is 5. The summed E-state index contributed by atoms with van der Waals surface area (Å²) < 4.78 is 104. The Morgan fingerprint density at radius 1 is 0.333 bits per heavy atom. The SMILES string of the molecule is N#Cc1cccc(-c2nc(C(=O)Nc3cnccc3N3CCNCC3)cs2)c1.O=C(Nc1cnccc1N1CCNCC1)c1csc(-c2ccc(C(F)(F)F)cc2)n1.O=C(Nc1cnccc1N1CCNCC1)c1csc(-c2ccc(F)c(F)c2)n1.O=C(Nc1cnccc1N1CCNCC1)c1csc(-c2cccc(C(F)(F)F)c2)n1.[C-]#[N+]c1ccc(-c2nc(C(=O)Nc3cnccc3N3CCNCC3)cs2)cc1. The van der Waals surface area contributed by atoms with Crippen LogP contribution in [0.4, 0.5) is 97.7 Å². The Morgan fingerprint density at radius 3 is 0.889 bits per heavy atom. The number of halogens is 8. The van der Waals surface area contributed by atoms with Gasteiger partial charge < -0.3 is 77.7 Å². The number of carbonyl (C=O) groups is 5. The van der Waals surface area contributed by atoms with Gasteiger partial charge in [-0.15, -0.1) is 56.7 Å². The highest BCUT2D eigenvalue weighted by atomic mass is 32.1. The van der Waals surface area contributed by atoms with Gasteiger partial charge in [0.15, 0.2) is 17.3 Å². The fourth-order valence-electron chi connectivity index (χ4n) is 15.5. The van der Waals surface area contributed by atoms with E-state index < -0.39 is 46.9 Å². The Hall–Kier alpha value is -15.4. The molecule has 5 fully saturated rings. The van der Waals surface area contributed by atoms with E-state index in [1.807, 2.05) is 54.6 Å². The third kappa shape index (κ3) is 26.7. The fraction of sp³-hybridized carbons (Fsp3) is 0.222. The molecule has 15 heterocycles. The second-order valence-electron chi connectivity index (χ2n) is 32.2. The lowest BCUT2D eigenvalue weighted by Crippen LogP contribution is -2.43. The molecule has 0 aliphatic carbocycles. The molecule has 0 radical (unpaired) electrons. The Morgan fingerprint density at radius 2 is 0.604 bits per heavy atom. The zero-order valence-electron chi connectivity index (χ0n) is 76.4. The summed E-state index contributed by atoms with van der Waals surface area (Å²) in [4.78, 5) is 120. The maximum Gasteiger partial charge on any atom is 0.416 e. The summed E-state index contributed by atoms with van der Waals surface area (Å²) in [5.41, 5.74) is 11.6. The molecule has 10 aromatic heterocycles. The minimum absolute atomic E-state index is 0.141. The van der Waals surface area contributed by atoms with Gasteiger partial charge in [0.25, 0.3) is 29.5 Å². The lowest BCUT2D eigenvalue weighted by molar-refractivity contribution is -0.138. The molecule has 10 N–H and O–H groups in total. The highest BCUT2D eigenvalue weighted by Crippen LogP contribution is 2.39. The predicted octanol–water partition coefficient (Wildman–Crippen LogP) is 17.1. The van der Waals surface area contributed by atoms with Crippen molar-refractivity contribution >= 4 is 149 Å². The van der Waals surface area contributed by atoms with Gasteiger partial charge in [0, 0.05) is 217 Å². The van der Waals surface area contributed by atoms with Gasteiger partial charge in [-0.25, -0.2) is 38.5 Å². The molecule has 0 atom stereocenters. The van der Waals surface area contributed by atoms with Crippen LogP contribution in [0.2, 0.25) is 0 Å². The third-order valence-electron chi connectivity index (χ3n) is 22.7. The van der Waals surface area contributed by atoms with E-state index in [1.54, 1.807) is 114 Å². The summed E-state index contributed by atoms with van der Waals surface area (Å²) in [6.07, 6.45) is 7.80. The van der Waals surface area contributed by atoms with Gasteiger partial charge in [0.2, 0.25) is 0 Å². The van der Waals surface area contributed by atoms with Crippen LogP contribution in [0.1, 0.15) is 69.1 Å². The summed E-state index contributed by atoms with van der Waals surface area (Å²) in [5, 5.41) is 50.9. The van der Waals surface area contributed by atoms with Gasteiger partial charge in [-0.1, -0.05) is 60.7 Å². The van der Waals surface area contributed by atoms with Gasteiger partial charge >= 0.3 is 12.4 Å². The summed E-state index contributed by atoms with van der Waals surface area (Å²) >= 11 is 6.29. The van der Waals surface area contributed by atoms with Gasteiger partial charge in [0.05, 0.1) is 117 Å². The molecule has 736 valence electrons. The number of hydrogen-bond donors (Lipinski definition) is 10. The number of thiazole rings is 5. The highest BCUT2D eigenvalue weighted by molar-refractivity contribution is 7.14. The molecule has 0 saturated carbocycles. The van der Waals surface area contributed by atoms with Crippen molar-refractivity contribution in [2.45, 2.75) is 12.4 Å². The average molecular weight is 2050 g/mol. The largest absolute Gasteiger partial charge is 0.416 e. The second-order valence-corrected chi connectivity index (χ2v) is 36.5. The first-order valence-electron chi connectivity index (χ1n) is 45.1. The van der Waals surface area contributed by atoms with Crippen molar-refractivity contribution in [2.24, 2.45) is 0 Å². The van der Waals surface area contributed by atoms with E-state index in [-0.39, 0.29) is 34.8 Å². The van der Waals surface area contributed by atoms with E-state index in [4.69, 9.17) is 11.8 Å². The molecule has 0 unspecified atom stereocenters. The average Bonchev–Trinajstić information content (AvgIpc) is 1.58. The Bertz CT molecular complexity index is 7070. The molecule has 45 heteroatoms. The maximum absolute atomic E-state index is 13.4. The summed E-state index contributed by atoms with van der Waals surface area (Å²) in [7, 11) is 0. The quantitative estimate of drug-likeness (QED) is 0.0250. The number of pyridine rings is 5. The predicted molar refractivity (Wildman–Crippen MR) is 545 cm³/mol. The van der Waals surface area contributed by atoms with Gasteiger partial charge in [0.1, 0.15) is 53.5 Å². The fourth-order valence-corrected chi connectivity index (χ4v) is 19.5. The standard InChI is InChI=1S/2C20H18F3N5OS.2C20H18N6OS.C19H17F2N5OS/c21-20(22,23)14-3-1-13(2-4-14)19-27-16(12-30-19)18(29)26-15-11-25-6-5-17(15)28-9-7-24-8-10-28;21-20(22,23)14-3-1-2-13(10-14)19-27-16(12-30-19)18(29)26-15-11-25-5-4-17(15)28-8-6-24-7-9-28;1-21-15-4-2-14(3-5-15)20-25-17(13-28-20)19(27)24-16-12-23-7-6-18(16)26-10-8-22-9-11-26;21-11-14-2-1-3-15(10-14)20-25-17(13-28-20)19(27)24-16-12-23-5-4-18(16)26-8-6-22-7-9-26;20-13-2-1-12(9-14(13)21)19-25-16(11-28-19)18(27)24-15-10-23-4-3-17(15)26-7-5-22-6-8-26/h1-6,11-12,24H,7-10H2,(H,26,29);1-5,10-12,24H,6-9H2,(H,26,29);2-7,12-13,22H,8-11H2,(H,24,27);1-5,10,12-13,22H,6-9H2,(H,24,27);1-4,9-11,22H,5-8H2,(H,24,27). The molecule has 15 aromatic rings. The zero-order valence-corrected chi connectivity index (χ0v) is 80.5. The van der Waals surface area contributed by atoms with Crippen LogP contribution in [-0.2, 0) is 12.4 Å². The Labute approximate surface area is 840 Å². The number of anilines is 10. The number of hydrogen-bond acceptors (Lipinski definition) is 31. The van der Waals surface area contributed by atoms with Crippen LogP contribution in [-0.4, -0.2) is 210 Å². The van der Waals surface area contributed by atoms with Crippen molar-refractivity contribution < 1.29 is 59.1 Å². The summed E-state index contributed by atoms with van der Waals surface area (Å²) in [6.45, 7) is 24.3. The number of aromatic nitrogens is 10. The Balaban J connectivity index is 0.000000129. The van der Waals surface area contributed by atoms with E-state index >= 15 is 0 Å². The summed E-state index contributed by atoms with van der Waals surface area (Å²) in [5.74, 6) is -3.62. The van der Waals surface area contributed by atoms with Crippen molar-refractivity contribution in [3.8, 4) is 58.9 Å². The maximum atomic E-state index is 13.4. The number of nitrogens with zero attached hydrogens (tertiary/aromatic N) is 17. The van der Waals surface area contributed by atoms with E-state index in [0.29, 0.717) is 87.8 Å². The smallest absolute Gasteiger partial charge is 0.367 e. The number of piperazine rings is 5. The first-order chi connectivity index (χ1) is 69.9. The van der Waals surface area contributed by atoms with Gasteiger partial charge in [-0.2, -0.15) is 31.6 Å². The number of rotatable bonds is 20. The van der Waals surface area contributed by atoms with Crippen LogP contribution >= 0.6 is 56.7 Å². The lowest BCUT2D eigenvalue weighted by Gasteiger charge is -2.30. The molecular weight excluding hydrogens is 1960 g/mol. The molecule has 0 spiro atoms. The van der Waals surface area contributed by atoms with Crippen molar-refractivity contribution in [1.29, 1.82) is 5.26 Å². The molecule has 5 aromatic carbocycles. The van der Waals surface area contributed by atoms with E-state index in [0.717, 1.165) is 223 Å². The van der Waals surface area contributed by atoms with Gasteiger partial charge in [-0.05, 0) is 84.9 Å². The van der Waals surface area contributed by atoms with E-state index in [2.05, 4.69) is 138 Å². The molecule has 5 amide bonds. The number of nitriles is 1. The molecule has 5 saturated heterocycles. The van der Waals surface area contributed by atoms with Gasteiger partial charge in [-0.3, -0.25) is 48.9 Å². The van der Waals surface area contributed by atoms with Crippen LogP contribution in [0.5, 0.6) is 0 Å². The Kier molecular flexibility index (Phi) is 34.1. The van der Waals surface area contributed by atoms with Crippen LogP contribution in [0, 0.1) is 29.5 Å². The molecule has 0 bridgehead atoms. The minimum Gasteiger partial charge on any atom is -0.367 e. The highest BCUT2D eigenvalue weighted by Gasteiger charge is 2.33. The van der Waals surface area contributed by atoms with E-state index in [1.165, 1.54) is 75.0 Å². The first kappa shape index (κ1) is 102. The molecular formula is C99H89F8N27O5S5. The zero-order chi connectivity index (χ0) is 100. The molecule has 32 nitrogen and oxygen atoms in total.